The molecule has 2 aromatic rings. The van der Waals surface area contributed by atoms with Gasteiger partial charge in [-0.1, -0.05) is 6.07 Å². The summed E-state index contributed by atoms with van der Waals surface area (Å²) in [6, 6.07) is 8.68. The Balaban J connectivity index is 2.24. The fourth-order valence-electron chi connectivity index (χ4n) is 2.14. The maximum absolute atomic E-state index is 12.4. The molecule has 0 aliphatic carbocycles. The first-order valence-electron chi connectivity index (χ1n) is 8.07. The molecule has 0 atom stereocenters. The molecule has 0 saturated carbocycles. The van der Waals surface area contributed by atoms with Gasteiger partial charge >= 0.3 is 5.97 Å². The fraction of sp³-hybridized carbons (Fsp3) is 0.263. The quantitative estimate of drug-likeness (QED) is 0.320. The molecule has 2 rings (SSSR count). The lowest BCUT2D eigenvalue weighted by Crippen LogP contribution is -2.25. The zero-order valence-electron chi connectivity index (χ0n) is 15.3. The molecule has 1 N–H and O–H groups in total. The van der Waals surface area contributed by atoms with E-state index in [2.05, 4.69) is 21.2 Å². The smallest absolute Gasteiger partial charge is 0.316 e. The van der Waals surface area contributed by atoms with Gasteiger partial charge in [0.1, 0.15) is 5.75 Å². The number of amides is 1. The van der Waals surface area contributed by atoms with E-state index in [0.717, 1.165) is 0 Å². The van der Waals surface area contributed by atoms with Crippen molar-refractivity contribution in [3.8, 4) is 5.75 Å². The van der Waals surface area contributed by atoms with Gasteiger partial charge in [-0.15, -0.1) is 0 Å². The van der Waals surface area contributed by atoms with E-state index in [0.29, 0.717) is 21.5 Å². The molecule has 0 aliphatic heterocycles. The zero-order chi connectivity index (χ0) is 20.4. The topological polar surface area (TPSA) is 98.5 Å². The van der Waals surface area contributed by atoms with Crippen molar-refractivity contribution in [1.29, 1.82) is 0 Å². The Labute approximate surface area is 165 Å². The molecule has 2 aromatic carbocycles. The van der Waals surface area contributed by atoms with Crippen molar-refractivity contribution in [1.82, 2.24) is 0 Å². The summed E-state index contributed by atoms with van der Waals surface area (Å²) in [6.45, 7) is 7.02. The number of non-ortho nitro benzene ring substituents is 1. The average molecular weight is 435 g/mol. The van der Waals surface area contributed by atoms with Gasteiger partial charge in [0.15, 0.2) is 0 Å². The van der Waals surface area contributed by atoms with E-state index in [-0.39, 0.29) is 17.2 Å². The number of esters is 1. The summed E-state index contributed by atoms with van der Waals surface area (Å²) in [5, 5.41) is 13.6. The summed E-state index contributed by atoms with van der Waals surface area (Å²) in [5.41, 5.74) is 0.513. The Morgan fingerprint density at radius 1 is 1.19 bits per heavy atom. The monoisotopic (exact) mass is 434 g/mol. The highest BCUT2D eigenvalue weighted by molar-refractivity contribution is 9.10. The highest BCUT2D eigenvalue weighted by Crippen LogP contribution is 2.33. The third-order valence-electron chi connectivity index (χ3n) is 3.64. The molecule has 0 aliphatic rings. The van der Waals surface area contributed by atoms with Gasteiger partial charge in [0.25, 0.3) is 11.6 Å². The number of anilines is 1. The molecule has 142 valence electrons. The number of hydrogen-bond donors (Lipinski definition) is 1. The van der Waals surface area contributed by atoms with E-state index in [1.165, 1.54) is 24.3 Å². The van der Waals surface area contributed by atoms with Crippen molar-refractivity contribution in [2.24, 2.45) is 5.41 Å². The first-order chi connectivity index (χ1) is 12.5. The number of benzene rings is 2. The Morgan fingerprint density at radius 2 is 1.85 bits per heavy atom. The van der Waals surface area contributed by atoms with Crippen molar-refractivity contribution in [3.05, 3.63) is 62.1 Å². The van der Waals surface area contributed by atoms with Gasteiger partial charge in [-0.3, -0.25) is 19.7 Å². The molecular weight excluding hydrogens is 416 g/mol. The average Bonchev–Trinajstić information content (AvgIpc) is 2.57. The molecule has 0 aromatic heterocycles. The molecule has 27 heavy (non-hydrogen) atoms. The minimum atomic E-state index is -0.644. The Kier molecular flexibility index (Phi) is 6.00. The Morgan fingerprint density at radius 3 is 2.41 bits per heavy atom. The standard InChI is InChI=1S/C19H19BrN2O5/c1-11-8-14(27-18(24)19(2,3)4)10-15(20)16(11)21-17(23)12-6-5-7-13(9-12)22(25)26/h5-10H,1-4H3,(H,21,23). The highest BCUT2D eigenvalue weighted by Gasteiger charge is 2.24. The molecule has 0 spiro atoms. The maximum Gasteiger partial charge on any atom is 0.316 e. The third-order valence-corrected chi connectivity index (χ3v) is 4.27. The van der Waals surface area contributed by atoms with E-state index in [1.54, 1.807) is 39.8 Å². The van der Waals surface area contributed by atoms with Crippen LogP contribution in [0.1, 0.15) is 36.7 Å². The molecular formula is C19H19BrN2O5. The molecule has 0 bridgehead atoms. The maximum atomic E-state index is 12.4. The largest absolute Gasteiger partial charge is 0.426 e. The molecule has 0 heterocycles. The van der Waals surface area contributed by atoms with E-state index in [1.807, 2.05) is 0 Å². The van der Waals surface area contributed by atoms with E-state index in [4.69, 9.17) is 4.74 Å². The van der Waals surface area contributed by atoms with E-state index < -0.39 is 16.2 Å². The number of aryl methyl sites for hydroxylation is 1. The predicted molar refractivity (Wildman–Crippen MR) is 105 cm³/mol. The van der Waals surface area contributed by atoms with Gasteiger partial charge in [-0.2, -0.15) is 0 Å². The van der Waals surface area contributed by atoms with Crippen molar-refractivity contribution in [2.75, 3.05) is 5.32 Å². The highest BCUT2D eigenvalue weighted by atomic mass is 79.9. The van der Waals surface area contributed by atoms with Crippen LogP contribution in [-0.2, 0) is 4.79 Å². The molecule has 1 amide bonds. The summed E-state index contributed by atoms with van der Waals surface area (Å²) >= 11 is 3.36. The lowest BCUT2D eigenvalue weighted by atomic mass is 9.97. The van der Waals surface area contributed by atoms with Gasteiger partial charge in [0, 0.05) is 22.2 Å². The van der Waals surface area contributed by atoms with Crippen molar-refractivity contribution in [2.45, 2.75) is 27.7 Å². The van der Waals surface area contributed by atoms with Crippen molar-refractivity contribution in [3.63, 3.8) is 0 Å². The Bertz CT molecular complexity index is 896. The van der Waals surface area contributed by atoms with Crippen molar-refractivity contribution < 1.29 is 19.2 Å². The van der Waals surface area contributed by atoms with E-state index in [9.17, 15) is 19.7 Å². The second kappa shape index (κ2) is 7.87. The Hall–Kier alpha value is -2.74. The summed E-state index contributed by atoms with van der Waals surface area (Å²) in [6.07, 6.45) is 0. The van der Waals surface area contributed by atoms with Gasteiger partial charge in [-0.05, 0) is 67.4 Å². The number of nitro benzene ring substituents is 1. The van der Waals surface area contributed by atoms with Crippen LogP contribution < -0.4 is 10.1 Å². The molecule has 0 saturated heterocycles. The van der Waals surface area contributed by atoms with Crippen LogP contribution in [0, 0.1) is 22.5 Å². The molecule has 0 unspecified atom stereocenters. The lowest BCUT2D eigenvalue weighted by Gasteiger charge is -2.18. The summed E-state index contributed by atoms with van der Waals surface area (Å²) in [5.74, 6) is -0.503. The molecule has 0 fully saturated rings. The normalized spacial score (nSPS) is 11.0. The number of halogens is 1. The minimum Gasteiger partial charge on any atom is -0.426 e. The first-order valence-corrected chi connectivity index (χ1v) is 8.86. The van der Waals surface area contributed by atoms with Crippen LogP contribution in [0.15, 0.2) is 40.9 Å². The molecule has 7 nitrogen and oxygen atoms in total. The minimum absolute atomic E-state index is 0.164. The van der Waals surface area contributed by atoms with Crippen molar-refractivity contribution >= 4 is 39.2 Å². The number of rotatable bonds is 4. The lowest BCUT2D eigenvalue weighted by molar-refractivity contribution is -0.384. The predicted octanol–water partition coefficient (Wildman–Crippen LogP) is 4.87. The molecule has 0 radical (unpaired) electrons. The van der Waals surface area contributed by atoms with E-state index >= 15 is 0 Å². The van der Waals surface area contributed by atoms with Crippen LogP contribution in [-0.4, -0.2) is 16.8 Å². The third kappa shape index (κ3) is 5.13. The number of hydrogen-bond acceptors (Lipinski definition) is 5. The van der Waals surface area contributed by atoms with Crippen LogP contribution in [0.4, 0.5) is 11.4 Å². The van der Waals surface area contributed by atoms with Crippen LogP contribution in [0.25, 0.3) is 0 Å². The van der Waals surface area contributed by atoms with Crippen LogP contribution in [0.2, 0.25) is 0 Å². The molecule has 8 heteroatoms. The van der Waals surface area contributed by atoms with Gasteiger partial charge in [0.2, 0.25) is 0 Å². The number of nitrogens with one attached hydrogen (secondary N) is 1. The number of nitrogens with zero attached hydrogens (tertiary/aromatic N) is 1. The second-order valence-corrected chi connectivity index (χ2v) is 7.85. The first kappa shape index (κ1) is 20.6. The summed E-state index contributed by atoms with van der Waals surface area (Å²) in [7, 11) is 0. The summed E-state index contributed by atoms with van der Waals surface area (Å²) in [4.78, 5) is 34.8. The number of ether oxygens (including phenoxy) is 1. The fourth-order valence-corrected chi connectivity index (χ4v) is 2.77. The van der Waals surface area contributed by atoms with Crippen LogP contribution in [0.5, 0.6) is 5.75 Å². The number of nitro groups is 1. The van der Waals surface area contributed by atoms with Gasteiger partial charge in [0.05, 0.1) is 16.0 Å². The van der Waals surface area contributed by atoms with Crippen LogP contribution >= 0.6 is 15.9 Å². The SMILES string of the molecule is Cc1cc(OC(=O)C(C)(C)C)cc(Br)c1NC(=O)c1cccc([N+](=O)[O-])c1. The van der Waals surface area contributed by atoms with Gasteiger partial charge < -0.3 is 10.1 Å². The van der Waals surface area contributed by atoms with Gasteiger partial charge in [-0.25, -0.2) is 0 Å². The van der Waals surface area contributed by atoms with Crippen LogP contribution in [0.3, 0.4) is 0 Å². The zero-order valence-corrected chi connectivity index (χ0v) is 16.9. The second-order valence-electron chi connectivity index (χ2n) is 7.00. The number of carbonyl (C=O) groups is 2. The summed E-state index contributed by atoms with van der Waals surface area (Å²) < 4.78 is 5.90. The number of carbonyl (C=O) groups excluding carboxylic acids is 2.